The Labute approximate surface area is 280 Å². The molecule has 9 rings (SSSR count). The van der Waals surface area contributed by atoms with Crippen molar-refractivity contribution in [2.75, 3.05) is 4.90 Å². The van der Waals surface area contributed by atoms with Crippen molar-refractivity contribution in [1.82, 2.24) is 4.57 Å². The first-order valence-electron chi connectivity index (χ1n) is 16.4. The zero-order valence-corrected chi connectivity index (χ0v) is 26.4. The van der Waals surface area contributed by atoms with Crippen molar-refractivity contribution in [1.29, 1.82) is 0 Å². The highest BCUT2D eigenvalue weighted by Crippen LogP contribution is 2.44. The van der Waals surface area contributed by atoms with E-state index in [0.717, 1.165) is 22.7 Å². The van der Waals surface area contributed by atoms with Crippen molar-refractivity contribution in [2.24, 2.45) is 0 Å². The third kappa shape index (κ3) is 4.74. The molecule has 0 fully saturated rings. The van der Waals surface area contributed by atoms with Gasteiger partial charge in [0.25, 0.3) is 0 Å². The van der Waals surface area contributed by atoms with E-state index < -0.39 is 0 Å². The first-order chi connectivity index (χ1) is 23.8. The van der Waals surface area contributed by atoms with Gasteiger partial charge in [-0.2, -0.15) is 0 Å². The molecule has 0 aliphatic heterocycles. The molecule has 0 N–H and O–H groups in total. The molecule has 2 heteroatoms. The molecule has 0 radical (unpaired) electrons. The molecular formula is C46H32N2. The molecule has 8 aromatic carbocycles. The molecule has 0 unspecified atom stereocenters. The van der Waals surface area contributed by atoms with Crippen LogP contribution in [0.25, 0.3) is 60.5 Å². The van der Waals surface area contributed by atoms with Crippen molar-refractivity contribution >= 4 is 49.6 Å². The molecule has 1 heterocycles. The second kappa shape index (κ2) is 11.8. The van der Waals surface area contributed by atoms with Gasteiger partial charge < -0.3 is 9.47 Å². The predicted molar refractivity (Wildman–Crippen MR) is 204 cm³/mol. The van der Waals surface area contributed by atoms with E-state index in [0.29, 0.717) is 0 Å². The largest absolute Gasteiger partial charge is 0.310 e. The summed E-state index contributed by atoms with van der Waals surface area (Å²) < 4.78 is 2.42. The number of benzene rings is 8. The van der Waals surface area contributed by atoms with E-state index in [1.165, 1.54) is 54.8 Å². The van der Waals surface area contributed by atoms with Crippen LogP contribution >= 0.6 is 0 Å². The normalized spacial score (nSPS) is 11.3. The van der Waals surface area contributed by atoms with Crippen LogP contribution in [0.3, 0.4) is 0 Å². The van der Waals surface area contributed by atoms with Crippen molar-refractivity contribution in [3.63, 3.8) is 0 Å². The van der Waals surface area contributed by atoms with Crippen molar-refractivity contribution < 1.29 is 0 Å². The fourth-order valence-electron chi connectivity index (χ4n) is 7.16. The average Bonchev–Trinajstić information content (AvgIpc) is 3.51. The minimum Gasteiger partial charge on any atom is -0.310 e. The monoisotopic (exact) mass is 612 g/mol. The zero-order chi connectivity index (χ0) is 31.9. The first kappa shape index (κ1) is 27.9. The fraction of sp³-hybridized carbons (Fsp3) is 0. The Kier molecular flexibility index (Phi) is 6.84. The summed E-state index contributed by atoms with van der Waals surface area (Å²) in [5.41, 5.74) is 11.6. The molecule has 226 valence electrons. The van der Waals surface area contributed by atoms with Crippen LogP contribution < -0.4 is 4.90 Å². The second-order valence-electron chi connectivity index (χ2n) is 12.2. The molecule has 2 nitrogen and oxygen atoms in total. The lowest BCUT2D eigenvalue weighted by Gasteiger charge is -2.28. The number of para-hydroxylation sites is 2. The van der Waals surface area contributed by atoms with Crippen LogP contribution in [0.5, 0.6) is 0 Å². The van der Waals surface area contributed by atoms with Crippen LogP contribution in [0.15, 0.2) is 194 Å². The lowest BCUT2D eigenvalue weighted by Crippen LogP contribution is -2.11. The standard InChI is InChI=1S/C46H32N2/c1-4-14-33(15-5-1)34-24-27-38(28-25-34)47(43-23-13-12-21-40(43)35-16-6-2-7-17-35)39-29-30-42-45(32-39)48(37-19-8-3-9-20-37)44-31-26-36-18-10-11-22-41(36)46(42)44/h1-32H. The van der Waals surface area contributed by atoms with Gasteiger partial charge in [0.15, 0.2) is 0 Å². The van der Waals surface area contributed by atoms with Crippen molar-refractivity contribution in [3.05, 3.63) is 194 Å². The molecule has 1 aromatic heterocycles. The van der Waals surface area contributed by atoms with E-state index in [1.54, 1.807) is 0 Å². The van der Waals surface area contributed by atoms with E-state index in [4.69, 9.17) is 0 Å². The van der Waals surface area contributed by atoms with Gasteiger partial charge in [0, 0.05) is 33.4 Å². The summed E-state index contributed by atoms with van der Waals surface area (Å²) in [5, 5.41) is 5.04. The Morgan fingerprint density at radius 1 is 0.375 bits per heavy atom. The molecule has 0 aliphatic carbocycles. The molecule has 0 atom stereocenters. The van der Waals surface area contributed by atoms with E-state index in [9.17, 15) is 0 Å². The van der Waals surface area contributed by atoms with Crippen LogP contribution in [0.1, 0.15) is 0 Å². The summed E-state index contributed by atoms with van der Waals surface area (Å²) in [7, 11) is 0. The van der Waals surface area contributed by atoms with Gasteiger partial charge in [0.1, 0.15) is 0 Å². The SMILES string of the molecule is c1ccc(-c2ccc(N(c3ccc4c5c6ccccc6ccc5n(-c5ccccc5)c4c3)c3ccccc3-c3ccccc3)cc2)cc1. The smallest absolute Gasteiger partial charge is 0.0562 e. The lowest BCUT2D eigenvalue weighted by atomic mass is 10.0. The first-order valence-corrected chi connectivity index (χ1v) is 16.4. The number of fused-ring (bicyclic) bond motifs is 5. The molecule has 0 saturated carbocycles. The highest BCUT2D eigenvalue weighted by atomic mass is 15.1. The quantitative estimate of drug-likeness (QED) is 0.181. The van der Waals surface area contributed by atoms with E-state index >= 15 is 0 Å². The molecule has 0 aliphatic rings. The number of hydrogen-bond acceptors (Lipinski definition) is 1. The number of anilines is 3. The summed E-state index contributed by atoms with van der Waals surface area (Å²) >= 11 is 0. The number of aromatic nitrogens is 1. The topological polar surface area (TPSA) is 8.17 Å². The van der Waals surface area contributed by atoms with Crippen LogP contribution in [0.4, 0.5) is 17.1 Å². The highest BCUT2D eigenvalue weighted by Gasteiger charge is 2.21. The van der Waals surface area contributed by atoms with Crippen LogP contribution in [0.2, 0.25) is 0 Å². The van der Waals surface area contributed by atoms with Crippen LogP contribution in [0, 0.1) is 0 Å². The number of rotatable bonds is 6. The maximum Gasteiger partial charge on any atom is 0.0562 e. The molecule has 0 spiro atoms. The molecule has 0 bridgehead atoms. The number of nitrogens with zero attached hydrogens (tertiary/aromatic N) is 2. The Bertz CT molecular complexity index is 2530. The summed E-state index contributed by atoms with van der Waals surface area (Å²) in [6.45, 7) is 0. The molecule has 0 amide bonds. The lowest BCUT2D eigenvalue weighted by molar-refractivity contribution is 1.18. The Morgan fingerprint density at radius 2 is 0.979 bits per heavy atom. The van der Waals surface area contributed by atoms with Gasteiger partial charge in [-0.1, -0.05) is 146 Å². The molecule has 0 saturated heterocycles. The number of hydrogen-bond donors (Lipinski definition) is 0. The van der Waals surface area contributed by atoms with E-state index in [1.807, 2.05) is 0 Å². The Morgan fingerprint density at radius 3 is 1.75 bits per heavy atom. The van der Waals surface area contributed by atoms with E-state index in [2.05, 4.69) is 204 Å². The fourth-order valence-corrected chi connectivity index (χ4v) is 7.16. The van der Waals surface area contributed by atoms with Crippen molar-refractivity contribution in [3.8, 4) is 27.9 Å². The van der Waals surface area contributed by atoms with Gasteiger partial charge >= 0.3 is 0 Å². The van der Waals surface area contributed by atoms with Gasteiger partial charge in [-0.3, -0.25) is 0 Å². The maximum absolute atomic E-state index is 2.42. The van der Waals surface area contributed by atoms with Gasteiger partial charge in [-0.05, 0) is 76.0 Å². The Balaban J connectivity index is 1.31. The van der Waals surface area contributed by atoms with Gasteiger partial charge in [-0.15, -0.1) is 0 Å². The zero-order valence-electron chi connectivity index (χ0n) is 26.4. The minimum atomic E-state index is 1.10. The van der Waals surface area contributed by atoms with Gasteiger partial charge in [0.05, 0.1) is 16.7 Å². The Hall–Kier alpha value is -6.38. The van der Waals surface area contributed by atoms with Crippen LogP contribution in [-0.4, -0.2) is 4.57 Å². The minimum absolute atomic E-state index is 1.10. The second-order valence-corrected chi connectivity index (χ2v) is 12.2. The van der Waals surface area contributed by atoms with Crippen LogP contribution in [-0.2, 0) is 0 Å². The summed E-state index contributed by atoms with van der Waals surface area (Å²) in [6.07, 6.45) is 0. The summed E-state index contributed by atoms with van der Waals surface area (Å²) in [4.78, 5) is 2.40. The predicted octanol–water partition coefficient (Wildman–Crippen LogP) is 12.7. The average molecular weight is 613 g/mol. The van der Waals surface area contributed by atoms with Crippen molar-refractivity contribution in [2.45, 2.75) is 0 Å². The molecule has 9 aromatic rings. The highest BCUT2D eigenvalue weighted by molar-refractivity contribution is 6.21. The summed E-state index contributed by atoms with van der Waals surface area (Å²) in [6, 6.07) is 69.8. The summed E-state index contributed by atoms with van der Waals surface area (Å²) in [5.74, 6) is 0. The van der Waals surface area contributed by atoms with E-state index in [-0.39, 0.29) is 0 Å². The third-order valence-corrected chi connectivity index (χ3v) is 9.37. The molecular weight excluding hydrogens is 581 g/mol. The third-order valence-electron chi connectivity index (χ3n) is 9.37. The van der Waals surface area contributed by atoms with Gasteiger partial charge in [0.2, 0.25) is 0 Å². The maximum atomic E-state index is 2.42. The van der Waals surface area contributed by atoms with Gasteiger partial charge in [-0.25, -0.2) is 0 Å². The molecule has 48 heavy (non-hydrogen) atoms.